The number of aryl methyl sites for hydroxylation is 1. The summed E-state index contributed by atoms with van der Waals surface area (Å²) in [7, 11) is -3.63. The quantitative estimate of drug-likeness (QED) is 0.891. The maximum atomic E-state index is 13.2. The van der Waals surface area contributed by atoms with Gasteiger partial charge in [-0.1, -0.05) is 30.3 Å². The number of hydrogen-bond acceptors (Lipinski definition) is 3. The molecular weight excluding hydrogens is 291 g/mol. The van der Waals surface area contributed by atoms with Gasteiger partial charge in [-0.3, -0.25) is 4.72 Å². The van der Waals surface area contributed by atoms with Gasteiger partial charge in [-0.25, -0.2) is 12.8 Å². The van der Waals surface area contributed by atoms with Gasteiger partial charge in [0.05, 0.1) is 11.4 Å². The molecule has 21 heavy (non-hydrogen) atoms. The summed E-state index contributed by atoms with van der Waals surface area (Å²) in [5.74, 6) is -0.684. The fraction of sp³-hybridized carbons (Fsp3) is 0.200. The van der Waals surface area contributed by atoms with Crippen LogP contribution in [0.1, 0.15) is 16.7 Å². The Balaban J connectivity index is 2.25. The first-order valence-corrected chi connectivity index (χ1v) is 8.10. The van der Waals surface area contributed by atoms with Crippen LogP contribution in [0.15, 0.2) is 42.5 Å². The molecule has 0 radical (unpaired) electrons. The highest BCUT2D eigenvalue weighted by Crippen LogP contribution is 2.20. The lowest BCUT2D eigenvalue weighted by molar-refractivity contribution is 0.600. The summed E-state index contributed by atoms with van der Waals surface area (Å²) in [6.45, 7) is 1.98. The fourth-order valence-corrected chi connectivity index (χ4v) is 3.33. The minimum absolute atomic E-state index is 0.198. The van der Waals surface area contributed by atoms with Gasteiger partial charge in [0.2, 0.25) is 10.0 Å². The van der Waals surface area contributed by atoms with Crippen LogP contribution in [0.2, 0.25) is 0 Å². The predicted octanol–water partition coefficient (Wildman–Crippen LogP) is 2.53. The highest BCUT2D eigenvalue weighted by atomic mass is 32.2. The Hall–Kier alpha value is -1.92. The van der Waals surface area contributed by atoms with E-state index in [0.29, 0.717) is 11.1 Å². The molecule has 0 aromatic heterocycles. The first-order chi connectivity index (χ1) is 9.91. The van der Waals surface area contributed by atoms with Gasteiger partial charge in [-0.05, 0) is 35.7 Å². The van der Waals surface area contributed by atoms with Crippen molar-refractivity contribution in [2.24, 2.45) is 5.73 Å². The highest BCUT2D eigenvalue weighted by molar-refractivity contribution is 7.91. The van der Waals surface area contributed by atoms with Crippen LogP contribution in [0.5, 0.6) is 0 Å². The number of sulfonamides is 1. The highest BCUT2D eigenvalue weighted by Gasteiger charge is 2.15. The number of nitrogens with one attached hydrogen (secondary N) is 1. The monoisotopic (exact) mass is 308 g/mol. The van der Waals surface area contributed by atoms with Gasteiger partial charge in [0.25, 0.3) is 0 Å². The number of rotatable bonds is 5. The molecule has 112 valence electrons. The number of anilines is 1. The van der Waals surface area contributed by atoms with E-state index in [1.165, 1.54) is 18.2 Å². The molecule has 0 fully saturated rings. The molecule has 0 saturated heterocycles. The average Bonchev–Trinajstić information content (AvgIpc) is 2.43. The van der Waals surface area contributed by atoms with Crippen molar-refractivity contribution in [2.45, 2.75) is 19.2 Å². The van der Waals surface area contributed by atoms with Crippen molar-refractivity contribution in [3.8, 4) is 0 Å². The first-order valence-electron chi connectivity index (χ1n) is 6.45. The maximum absolute atomic E-state index is 13.2. The molecule has 0 heterocycles. The molecule has 0 spiro atoms. The molecule has 0 aliphatic carbocycles. The van der Waals surface area contributed by atoms with Crippen molar-refractivity contribution >= 4 is 15.7 Å². The molecule has 2 aromatic rings. The van der Waals surface area contributed by atoms with E-state index in [-0.39, 0.29) is 18.0 Å². The van der Waals surface area contributed by atoms with Gasteiger partial charge in [0, 0.05) is 6.54 Å². The van der Waals surface area contributed by atoms with Crippen molar-refractivity contribution in [3.63, 3.8) is 0 Å². The molecule has 2 aromatic carbocycles. The van der Waals surface area contributed by atoms with E-state index in [4.69, 9.17) is 5.73 Å². The third-order valence-electron chi connectivity index (χ3n) is 3.15. The van der Waals surface area contributed by atoms with Gasteiger partial charge in [-0.2, -0.15) is 0 Å². The van der Waals surface area contributed by atoms with Gasteiger partial charge >= 0.3 is 0 Å². The van der Waals surface area contributed by atoms with Crippen LogP contribution in [0.3, 0.4) is 0 Å². The zero-order valence-corrected chi connectivity index (χ0v) is 12.5. The third kappa shape index (κ3) is 4.03. The number of hydrogen-bond donors (Lipinski definition) is 2. The second kappa shape index (κ2) is 6.24. The summed E-state index contributed by atoms with van der Waals surface area (Å²) in [5, 5.41) is 0. The van der Waals surface area contributed by atoms with Crippen molar-refractivity contribution in [3.05, 3.63) is 65.0 Å². The predicted molar refractivity (Wildman–Crippen MR) is 81.7 cm³/mol. The molecule has 0 aliphatic heterocycles. The Labute approximate surface area is 123 Å². The Bertz CT molecular complexity index is 745. The zero-order valence-electron chi connectivity index (χ0n) is 11.6. The number of benzene rings is 2. The van der Waals surface area contributed by atoms with E-state index in [9.17, 15) is 12.8 Å². The van der Waals surface area contributed by atoms with E-state index in [1.807, 2.05) is 6.07 Å². The molecule has 0 amide bonds. The van der Waals surface area contributed by atoms with E-state index >= 15 is 0 Å². The van der Waals surface area contributed by atoms with Crippen molar-refractivity contribution in [1.29, 1.82) is 0 Å². The molecule has 3 N–H and O–H groups in total. The molecular formula is C15H17FN2O2S. The number of halogens is 1. The summed E-state index contributed by atoms with van der Waals surface area (Å²) in [6, 6.07) is 11.1. The van der Waals surface area contributed by atoms with Crippen molar-refractivity contribution < 1.29 is 12.8 Å². The van der Waals surface area contributed by atoms with E-state index in [2.05, 4.69) is 4.72 Å². The Morgan fingerprint density at radius 1 is 1.14 bits per heavy atom. The molecule has 0 bridgehead atoms. The summed E-state index contributed by atoms with van der Waals surface area (Å²) in [4.78, 5) is 0. The SMILES string of the molecule is Cc1ccc(F)cc1NS(=O)(=O)Cc1ccccc1CN. The molecule has 0 saturated carbocycles. The average molecular weight is 308 g/mol. The van der Waals surface area contributed by atoms with Crippen LogP contribution >= 0.6 is 0 Å². The summed E-state index contributed by atoms with van der Waals surface area (Å²) >= 11 is 0. The van der Waals surface area contributed by atoms with Crippen LogP contribution in [0.4, 0.5) is 10.1 Å². The van der Waals surface area contributed by atoms with Crippen LogP contribution in [-0.2, 0) is 22.3 Å². The van der Waals surface area contributed by atoms with Crippen molar-refractivity contribution in [2.75, 3.05) is 4.72 Å². The molecule has 2 rings (SSSR count). The molecule has 6 heteroatoms. The topological polar surface area (TPSA) is 72.2 Å². The lowest BCUT2D eigenvalue weighted by Crippen LogP contribution is -2.17. The molecule has 0 unspecified atom stereocenters. The Morgan fingerprint density at radius 2 is 1.81 bits per heavy atom. The smallest absolute Gasteiger partial charge is 0.236 e. The zero-order chi connectivity index (χ0) is 15.5. The van der Waals surface area contributed by atoms with Crippen molar-refractivity contribution in [1.82, 2.24) is 0 Å². The van der Waals surface area contributed by atoms with Gasteiger partial charge in [0.15, 0.2) is 0 Å². The van der Waals surface area contributed by atoms with Crippen LogP contribution < -0.4 is 10.5 Å². The number of nitrogens with two attached hydrogens (primary N) is 1. The molecule has 0 atom stereocenters. The van der Waals surface area contributed by atoms with Crippen LogP contribution in [0.25, 0.3) is 0 Å². The van der Waals surface area contributed by atoms with E-state index in [1.54, 1.807) is 25.1 Å². The Kier molecular flexibility index (Phi) is 4.59. The summed E-state index contributed by atoms with van der Waals surface area (Å²) in [5.41, 5.74) is 7.93. The maximum Gasteiger partial charge on any atom is 0.236 e. The molecule has 4 nitrogen and oxygen atoms in total. The van der Waals surface area contributed by atoms with E-state index in [0.717, 1.165) is 5.56 Å². The summed E-state index contributed by atoms with van der Waals surface area (Å²) < 4.78 is 40.1. The largest absolute Gasteiger partial charge is 0.326 e. The fourth-order valence-electron chi connectivity index (χ4n) is 2.01. The lowest BCUT2D eigenvalue weighted by Gasteiger charge is -2.12. The van der Waals surface area contributed by atoms with E-state index < -0.39 is 15.8 Å². The second-order valence-electron chi connectivity index (χ2n) is 4.79. The minimum Gasteiger partial charge on any atom is -0.326 e. The van der Waals surface area contributed by atoms with Crippen LogP contribution in [0, 0.1) is 12.7 Å². The van der Waals surface area contributed by atoms with Gasteiger partial charge in [-0.15, -0.1) is 0 Å². The molecule has 0 aliphatic rings. The second-order valence-corrected chi connectivity index (χ2v) is 6.52. The third-order valence-corrected chi connectivity index (χ3v) is 4.37. The minimum atomic E-state index is -3.63. The van der Waals surface area contributed by atoms with Gasteiger partial charge in [0.1, 0.15) is 5.82 Å². The first kappa shape index (κ1) is 15.5. The normalized spacial score (nSPS) is 11.4. The van der Waals surface area contributed by atoms with Crippen LogP contribution in [-0.4, -0.2) is 8.42 Å². The summed E-state index contributed by atoms with van der Waals surface area (Å²) in [6.07, 6.45) is 0. The van der Waals surface area contributed by atoms with Gasteiger partial charge < -0.3 is 5.73 Å². The lowest BCUT2D eigenvalue weighted by atomic mass is 10.1. The standard InChI is InChI=1S/C15H17FN2O2S/c1-11-6-7-14(16)8-15(11)18-21(19,20)10-13-5-3-2-4-12(13)9-17/h2-8,18H,9-10,17H2,1H3. The Morgan fingerprint density at radius 3 is 2.48 bits per heavy atom.